The third kappa shape index (κ3) is 9.32. The van der Waals surface area contributed by atoms with E-state index in [9.17, 15) is 19.2 Å². The molecule has 4 amide bonds. The lowest BCUT2D eigenvalue weighted by molar-refractivity contribution is -0.124. The summed E-state index contributed by atoms with van der Waals surface area (Å²) in [6.07, 6.45) is 6.38. The van der Waals surface area contributed by atoms with Crippen molar-refractivity contribution < 1.29 is 19.2 Å². The molecule has 236 valence electrons. The summed E-state index contributed by atoms with van der Waals surface area (Å²) >= 11 is 15.9. The molecule has 0 aromatic carbocycles. The summed E-state index contributed by atoms with van der Waals surface area (Å²) in [5, 5.41) is 24.2. The Morgan fingerprint density at radius 3 is 1.43 bits per heavy atom. The van der Waals surface area contributed by atoms with Crippen molar-refractivity contribution in [3.63, 3.8) is 0 Å². The maximum atomic E-state index is 13.2. The van der Waals surface area contributed by atoms with Crippen molar-refractivity contribution in [1.29, 1.82) is 0 Å². The van der Waals surface area contributed by atoms with Gasteiger partial charge in [0.1, 0.15) is 18.7 Å². The topological polar surface area (TPSA) is 150 Å². The van der Waals surface area contributed by atoms with Crippen molar-refractivity contribution in [3.05, 3.63) is 19.8 Å². The molecule has 18 heteroatoms. The third-order valence-electron chi connectivity index (χ3n) is 6.51. The second-order valence-corrected chi connectivity index (χ2v) is 15.1. The van der Waals surface area contributed by atoms with Gasteiger partial charge in [-0.3, -0.25) is 29.0 Å². The lowest BCUT2D eigenvalue weighted by Crippen LogP contribution is -2.31. The first-order chi connectivity index (χ1) is 21.2. The molecule has 0 aliphatic carbocycles. The molecule has 2 fully saturated rings. The van der Waals surface area contributed by atoms with Crippen LogP contribution in [0.4, 0.5) is 10.3 Å². The Hall–Kier alpha value is -2.38. The number of unbranched alkanes of at least 4 members (excludes halogenated alkanes) is 4. The summed E-state index contributed by atoms with van der Waals surface area (Å²) in [6.45, 7) is 4.79. The lowest BCUT2D eigenvalue weighted by atomic mass is 10.2. The molecule has 0 bridgehead atoms. The molecule has 0 atom stereocenters. The molecule has 2 aliphatic rings. The highest BCUT2D eigenvalue weighted by Gasteiger charge is 2.41. The molecule has 2 N–H and O–H groups in total. The summed E-state index contributed by atoms with van der Waals surface area (Å²) < 4.78 is 0.822. The number of aryl methyl sites for hydroxylation is 2. The fraction of sp³-hybridized carbons (Fsp3) is 0.538. The van der Waals surface area contributed by atoms with Crippen LogP contribution in [0.1, 0.15) is 75.2 Å². The molecule has 2 aliphatic heterocycles. The standard InChI is InChI=1S/C26H32N8O4S6/c1-3-17-29-31-23(41-17)27-15(35)11-7-5-9-13-33-21(37)19(43-25(33)39)20-22(38)34(26(40)44-20)14-10-6-8-12-16(36)28-24-32-30-18(4-2)42-24/h3-14H2,1-2H3,(H,27,31,35)(H,28,32,36). The number of thiocarbonyl (C=S) groups is 2. The number of aromatic nitrogens is 4. The molecule has 12 nitrogen and oxygen atoms in total. The zero-order chi connectivity index (χ0) is 31.6. The smallest absolute Gasteiger partial charge is 0.267 e. The molecule has 0 saturated carbocycles. The molecule has 44 heavy (non-hydrogen) atoms. The second kappa shape index (κ2) is 16.8. The number of thioether (sulfide) groups is 2. The molecular formula is C26H32N8O4S6. The number of hydrogen-bond acceptors (Lipinski definition) is 14. The first-order valence-electron chi connectivity index (χ1n) is 14.3. The van der Waals surface area contributed by atoms with E-state index < -0.39 is 0 Å². The maximum Gasteiger partial charge on any atom is 0.267 e. The van der Waals surface area contributed by atoms with Gasteiger partial charge in [0, 0.05) is 25.9 Å². The van der Waals surface area contributed by atoms with Crippen molar-refractivity contribution in [2.75, 3.05) is 23.7 Å². The minimum atomic E-state index is -0.284. The average molecular weight is 713 g/mol. The molecule has 0 unspecified atom stereocenters. The van der Waals surface area contributed by atoms with E-state index in [2.05, 4.69) is 31.0 Å². The Bertz CT molecular complexity index is 1350. The SMILES string of the molecule is CCc1nnc(NC(=O)CCCCCN2C(=O)C(=C3SC(=S)N(CCCCCC(=O)Nc4nnc(CC)s4)C3=O)SC2=S)s1. The normalized spacial score (nSPS) is 16.9. The zero-order valence-electron chi connectivity index (χ0n) is 24.3. The van der Waals surface area contributed by atoms with Crippen LogP contribution in [-0.4, -0.2) is 75.6 Å². The van der Waals surface area contributed by atoms with E-state index in [0.717, 1.165) is 59.2 Å². The highest BCUT2D eigenvalue weighted by molar-refractivity contribution is 8.29. The number of carbonyl (C=O) groups excluding carboxylic acids is 4. The predicted octanol–water partition coefficient (Wildman–Crippen LogP) is 5.14. The average Bonchev–Trinajstić information content (AvgIpc) is 3.77. The molecule has 4 rings (SSSR count). The third-order valence-corrected chi connectivity index (χ3v) is 11.5. The van der Waals surface area contributed by atoms with Crippen LogP contribution in [-0.2, 0) is 32.0 Å². The van der Waals surface area contributed by atoms with Crippen molar-refractivity contribution in [3.8, 4) is 0 Å². The Labute approximate surface area is 282 Å². The zero-order valence-corrected chi connectivity index (χ0v) is 29.2. The number of rotatable bonds is 16. The van der Waals surface area contributed by atoms with E-state index in [4.69, 9.17) is 24.4 Å². The van der Waals surface area contributed by atoms with Crippen LogP contribution in [0.2, 0.25) is 0 Å². The Kier molecular flexibility index (Phi) is 13.2. The largest absolute Gasteiger partial charge is 0.301 e. The fourth-order valence-electron chi connectivity index (χ4n) is 4.18. The van der Waals surface area contributed by atoms with Crippen LogP contribution >= 0.6 is 70.6 Å². The first kappa shape index (κ1) is 34.5. The maximum absolute atomic E-state index is 13.2. The van der Waals surface area contributed by atoms with Gasteiger partial charge < -0.3 is 10.6 Å². The number of carbonyl (C=O) groups is 4. The van der Waals surface area contributed by atoms with Gasteiger partial charge in [-0.2, -0.15) is 0 Å². The summed E-state index contributed by atoms with van der Waals surface area (Å²) in [4.78, 5) is 54.4. The molecular weight excluding hydrogens is 681 g/mol. The quantitative estimate of drug-likeness (QED) is 0.135. The van der Waals surface area contributed by atoms with Gasteiger partial charge in [-0.25, -0.2) is 0 Å². The number of hydrogen-bond donors (Lipinski definition) is 2. The lowest BCUT2D eigenvalue weighted by Gasteiger charge is -2.14. The predicted molar refractivity (Wildman–Crippen MR) is 184 cm³/mol. The van der Waals surface area contributed by atoms with E-state index in [0.29, 0.717) is 80.3 Å². The van der Waals surface area contributed by atoms with Crippen LogP contribution in [0.5, 0.6) is 0 Å². The fourth-order valence-corrected chi connectivity index (χ4v) is 8.34. The Balaban J connectivity index is 1.16. The van der Waals surface area contributed by atoms with E-state index in [1.54, 1.807) is 0 Å². The molecule has 0 radical (unpaired) electrons. The monoisotopic (exact) mass is 712 g/mol. The number of nitrogens with one attached hydrogen (secondary N) is 2. The highest BCUT2D eigenvalue weighted by atomic mass is 32.2. The number of nitrogens with zero attached hydrogens (tertiary/aromatic N) is 6. The van der Waals surface area contributed by atoms with Crippen molar-refractivity contribution in [2.24, 2.45) is 0 Å². The molecule has 0 spiro atoms. The van der Waals surface area contributed by atoms with Gasteiger partial charge in [-0.05, 0) is 38.5 Å². The van der Waals surface area contributed by atoms with Crippen LogP contribution in [0.15, 0.2) is 9.81 Å². The van der Waals surface area contributed by atoms with Gasteiger partial charge in [0.2, 0.25) is 22.1 Å². The summed E-state index contributed by atoms with van der Waals surface area (Å²) in [6, 6.07) is 0. The molecule has 2 aromatic heterocycles. The van der Waals surface area contributed by atoms with Gasteiger partial charge in [0.05, 0.1) is 9.81 Å². The second-order valence-electron chi connectivity index (χ2n) is 9.73. The van der Waals surface area contributed by atoms with Crippen molar-refractivity contribution in [2.45, 2.75) is 78.1 Å². The van der Waals surface area contributed by atoms with E-state index in [1.165, 1.54) is 32.5 Å². The number of amides is 4. The van der Waals surface area contributed by atoms with Gasteiger partial charge in [0.25, 0.3) is 11.8 Å². The summed E-state index contributed by atoms with van der Waals surface area (Å²) in [5.74, 6) is -0.795. The van der Waals surface area contributed by atoms with Gasteiger partial charge >= 0.3 is 0 Å². The van der Waals surface area contributed by atoms with Crippen molar-refractivity contribution in [1.82, 2.24) is 30.2 Å². The van der Waals surface area contributed by atoms with Gasteiger partial charge in [-0.15, -0.1) is 20.4 Å². The minimum absolute atomic E-state index is 0.114. The van der Waals surface area contributed by atoms with Crippen molar-refractivity contribution >= 4 is 113 Å². The first-order valence-corrected chi connectivity index (χ1v) is 18.3. The Morgan fingerprint density at radius 1 is 0.659 bits per heavy atom. The van der Waals surface area contributed by atoms with Gasteiger partial charge in [-0.1, -0.05) is 97.3 Å². The van der Waals surface area contributed by atoms with E-state index in [1.807, 2.05) is 13.8 Å². The highest BCUT2D eigenvalue weighted by Crippen LogP contribution is 2.42. The molecule has 2 aromatic rings. The van der Waals surface area contributed by atoms with Crippen LogP contribution in [0.3, 0.4) is 0 Å². The van der Waals surface area contributed by atoms with Gasteiger partial charge in [0.15, 0.2) is 0 Å². The minimum Gasteiger partial charge on any atom is -0.301 e. The van der Waals surface area contributed by atoms with Crippen LogP contribution in [0.25, 0.3) is 0 Å². The summed E-state index contributed by atoms with van der Waals surface area (Å²) in [5.41, 5.74) is 0. The number of anilines is 2. The van der Waals surface area contributed by atoms with E-state index in [-0.39, 0.29) is 23.6 Å². The Morgan fingerprint density at radius 2 is 1.07 bits per heavy atom. The van der Waals surface area contributed by atoms with Crippen LogP contribution in [0, 0.1) is 0 Å². The van der Waals surface area contributed by atoms with E-state index >= 15 is 0 Å². The summed E-state index contributed by atoms with van der Waals surface area (Å²) in [7, 11) is 0. The van der Waals surface area contributed by atoms with Crippen LogP contribution < -0.4 is 10.6 Å². The molecule has 4 heterocycles. The molecule has 2 saturated heterocycles.